The molecule has 86 valence electrons. The lowest BCUT2D eigenvalue weighted by molar-refractivity contribution is -0.368. The lowest BCUT2D eigenvalue weighted by atomic mass is 10.2. The van der Waals surface area contributed by atoms with Gasteiger partial charge in [-0.1, -0.05) is 0 Å². The molecule has 0 spiro atoms. The van der Waals surface area contributed by atoms with E-state index in [1.54, 1.807) is 0 Å². The topological polar surface area (TPSA) is 105 Å². The van der Waals surface area contributed by atoms with Gasteiger partial charge in [0.1, 0.15) is 6.21 Å². The standard InChI is InChI=1S/C8H10N4O4/c1-8(14)4-12(16)6-5(10(8)2)3-11(15)7(13)9-6/h3-4,14-15H,1-2H3. The lowest BCUT2D eigenvalue weighted by Gasteiger charge is -2.35. The van der Waals surface area contributed by atoms with Crippen molar-refractivity contribution in [2.24, 2.45) is 0 Å². The van der Waals surface area contributed by atoms with Gasteiger partial charge in [-0.05, 0) is 6.92 Å². The van der Waals surface area contributed by atoms with E-state index in [0.29, 0.717) is 4.74 Å². The molecule has 1 aromatic heterocycles. The molecule has 0 bridgehead atoms. The summed E-state index contributed by atoms with van der Waals surface area (Å²) in [6.45, 7) is 1.40. The van der Waals surface area contributed by atoms with Crippen molar-refractivity contribution in [2.75, 3.05) is 11.9 Å². The molecule has 0 saturated heterocycles. The van der Waals surface area contributed by atoms with E-state index < -0.39 is 11.4 Å². The molecule has 16 heavy (non-hydrogen) atoms. The Hall–Kier alpha value is -2.09. The maximum Gasteiger partial charge on any atom is 0.489 e. The van der Waals surface area contributed by atoms with Crippen LogP contribution in [0.15, 0.2) is 11.0 Å². The summed E-state index contributed by atoms with van der Waals surface area (Å²) in [5.41, 5.74) is -2.30. The molecule has 2 N–H and O–H groups in total. The first-order valence-electron chi connectivity index (χ1n) is 4.44. The second-order valence-corrected chi connectivity index (χ2v) is 3.68. The average molecular weight is 226 g/mol. The molecule has 0 fully saturated rings. The van der Waals surface area contributed by atoms with Crippen LogP contribution in [0, 0.1) is 5.21 Å². The molecule has 0 saturated carbocycles. The van der Waals surface area contributed by atoms with E-state index in [4.69, 9.17) is 5.21 Å². The summed E-state index contributed by atoms with van der Waals surface area (Å²) >= 11 is 0. The largest absolute Gasteiger partial charge is 0.711 e. The van der Waals surface area contributed by atoms with Crippen molar-refractivity contribution in [2.45, 2.75) is 12.6 Å². The van der Waals surface area contributed by atoms with Gasteiger partial charge in [-0.25, -0.2) is 9.53 Å². The highest BCUT2D eigenvalue weighted by Gasteiger charge is 2.36. The Morgan fingerprint density at radius 1 is 1.62 bits per heavy atom. The van der Waals surface area contributed by atoms with Gasteiger partial charge >= 0.3 is 11.5 Å². The molecule has 0 aliphatic carbocycles. The number of hydrogen-bond donors (Lipinski definition) is 2. The third kappa shape index (κ3) is 1.31. The third-order valence-corrected chi connectivity index (χ3v) is 2.48. The second-order valence-electron chi connectivity index (χ2n) is 3.68. The average Bonchev–Trinajstić information content (AvgIpc) is 2.17. The molecule has 2 heterocycles. The molecule has 8 heteroatoms. The zero-order valence-electron chi connectivity index (χ0n) is 8.65. The van der Waals surface area contributed by atoms with Crippen molar-refractivity contribution in [1.29, 1.82) is 0 Å². The van der Waals surface area contributed by atoms with E-state index in [-0.39, 0.29) is 16.2 Å². The molecular weight excluding hydrogens is 216 g/mol. The Morgan fingerprint density at radius 3 is 2.88 bits per heavy atom. The van der Waals surface area contributed by atoms with Gasteiger partial charge in [-0.15, -0.1) is 4.73 Å². The summed E-state index contributed by atoms with van der Waals surface area (Å²) < 4.78 is 0.557. The fraction of sp³-hybridized carbons (Fsp3) is 0.375. The van der Waals surface area contributed by atoms with Crippen LogP contribution in [0.4, 0.5) is 11.5 Å². The van der Waals surface area contributed by atoms with Crippen LogP contribution in [-0.4, -0.2) is 43.8 Å². The molecule has 2 rings (SSSR count). The van der Waals surface area contributed by atoms with E-state index in [0.717, 1.165) is 12.4 Å². The van der Waals surface area contributed by atoms with Gasteiger partial charge < -0.3 is 20.4 Å². The first-order chi connectivity index (χ1) is 7.33. The van der Waals surface area contributed by atoms with Gasteiger partial charge in [0.25, 0.3) is 0 Å². The minimum atomic E-state index is -1.51. The number of nitrogens with zero attached hydrogens (tertiary/aromatic N) is 4. The Balaban J connectivity index is 2.74. The number of hydrogen-bond acceptors (Lipinski definition) is 6. The summed E-state index contributed by atoms with van der Waals surface area (Å²) in [6, 6.07) is 0. The molecule has 1 aromatic rings. The summed E-state index contributed by atoms with van der Waals surface area (Å²) in [5, 5.41) is 30.5. The fourth-order valence-corrected chi connectivity index (χ4v) is 1.44. The van der Waals surface area contributed by atoms with Crippen molar-refractivity contribution in [3.05, 3.63) is 21.9 Å². The van der Waals surface area contributed by atoms with Crippen LogP contribution >= 0.6 is 0 Å². The molecule has 1 aliphatic rings. The van der Waals surface area contributed by atoms with Crippen molar-refractivity contribution in [3.63, 3.8) is 0 Å². The van der Waals surface area contributed by atoms with Crippen LogP contribution in [0.5, 0.6) is 0 Å². The Bertz CT molecular complexity index is 533. The van der Waals surface area contributed by atoms with E-state index >= 15 is 0 Å². The number of aromatic nitrogens is 2. The van der Waals surface area contributed by atoms with Crippen molar-refractivity contribution >= 4 is 17.7 Å². The number of anilines is 1. The van der Waals surface area contributed by atoms with Crippen molar-refractivity contribution in [3.8, 4) is 0 Å². The van der Waals surface area contributed by atoms with Crippen LogP contribution < -0.4 is 10.6 Å². The minimum Gasteiger partial charge on any atom is -0.711 e. The smallest absolute Gasteiger partial charge is 0.489 e. The van der Waals surface area contributed by atoms with Gasteiger partial charge in [0.15, 0.2) is 11.4 Å². The van der Waals surface area contributed by atoms with Crippen LogP contribution in [0.1, 0.15) is 6.92 Å². The molecule has 1 aliphatic heterocycles. The van der Waals surface area contributed by atoms with Gasteiger partial charge in [0.05, 0.1) is 6.20 Å². The summed E-state index contributed by atoms with van der Waals surface area (Å²) in [5.74, 6) is -0.163. The van der Waals surface area contributed by atoms with Gasteiger partial charge in [-0.3, -0.25) is 0 Å². The molecule has 0 aromatic carbocycles. The third-order valence-electron chi connectivity index (χ3n) is 2.48. The van der Waals surface area contributed by atoms with Crippen LogP contribution in [0.25, 0.3) is 0 Å². The van der Waals surface area contributed by atoms with E-state index in [1.165, 1.54) is 18.9 Å². The van der Waals surface area contributed by atoms with Gasteiger partial charge in [0, 0.05) is 12.0 Å². The molecule has 0 amide bonds. The summed E-state index contributed by atoms with van der Waals surface area (Å²) in [4.78, 5) is 15.8. The molecule has 1 atom stereocenters. The van der Waals surface area contributed by atoms with Gasteiger partial charge in [-0.2, -0.15) is 0 Å². The van der Waals surface area contributed by atoms with E-state index in [9.17, 15) is 15.1 Å². The number of rotatable bonds is 0. The number of aliphatic hydroxyl groups is 1. The van der Waals surface area contributed by atoms with Gasteiger partial charge in [0.2, 0.25) is 0 Å². The fourth-order valence-electron chi connectivity index (χ4n) is 1.44. The molecule has 8 nitrogen and oxygen atoms in total. The SMILES string of the molecule is CN1c2cn(O)c(=O)nc2[N+]([O-])=CC1(C)O. The first-order valence-corrected chi connectivity index (χ1v) is 4.44. The van der Waals surface area contributed by atoms with Crippen LogP contribution in [0.3, 0.4) is 0 Å². The highest BCUT2D eigenvalue weighted by Crippen LogP contribution is 2.30. The normalized spacial score (nSPS) is 23.9. The van der Waals surface area contributed by atoms with Crippen molar-refractivity contribution < 1.29 is 15.1 Å². The highest BCUT2D eigenvalue weighted by molar-refractivity contribution is 5.77. The molecular formula is C8H10N4O4. The van der Waals surface area contributed by atoms with Crippen molar-refractivity contribution in [1.82, 2.24) is 9.71 Å². The molecule has 0 radical (unpaired) electrons. The summed E-state index contributed by atoms with van der Waals surface area (Å²) in [6.07, 6.45) is 2.00. The Kier molecular flexibility index (Phi) is 1.92. The first kappa shape index (κ1) is 10.4. The highest BCUT2D eigenvalue weighted by atomic mass is 16.5. The predicted molar refractivity (Wildman–Crippen MR) is 54.1 cm³/mol. The van der Waals surface area contributed by atoms with E-state index in [1.807, 2.05) is 0 Å². The van der Waals surface area contributed by atoms with Crippen LogP contribution in [-0.2, 0) is 0 Å². The monoisotopic (exact) mass is 226 g/mol. The minimum absolute atomic E-state index is 0.157. The van der Waals surface area contributed by atoms with E-state index in [2.05, 4.69) is 4.98 Å². The Morgan fingerprint density at radius 2 is 2.25 bits per heavy atom. The zero-order valence-corrected chi connectivity index (χ0v) is 8.65. The zero-order chi connectivity index (χ0) is 12.1. The maximum absolute atomic E-state index is 11.5. The van der Waals surface area contributed by atoms with Crippen LogP contribution in [0.2, 0.25) is 0 Å². The lowest BCUT2D eigenvalue weighted by Crippen LogP contribution is -2.50. The quantitative estimate of drug-likeness (QED) is 0.329. The summed E-state index contributed by atoms with van der Waals surface area (Å²) in [7, 11) is 1.51. The number of fused-ring (bicyclic) bond motifs is 1. The Labute approximate surface area is 89.9 Å². The molecule has 1 unspecified atom stereocenters. The predicted octanol–water partition coefficient (Wildman–Crippen LogP) is -1.15. The second kappa shape index (κ2) is 2.95. The maximum atomic E-state index is 11.5.